The Hall–Kier alpha value is -3.07. The molecule has 1 N–H and O–H groups in total. The molecule has 0 bridgehead atoms. The van der Waals surface area contributed by atoms with Crippen molar-refractivity contribution in [2.45, 2.75) is 26.2 Å². The molecule has 3 heteroatoms. The van der Waals surface area contributed by atoms with E-state index in [1.54, 1.807) is 0 Å². The van der Waals surface area contributed by atoms with Gasteiger partial charge in [-0.25, -0.2) is 0 Å². The quantitative estimate of drug-likeness (QED) is 0.602. The molecule has 0 radical (unpaired) electrons. The molecular formula is C25H27NO2. The van der Waals surface area contributed by atoms with Gasteiger partial charge in [0.15, 0.2) is 6.61 Å². The molecule has 28 heavy (non-hydrogen) atoms. The highest BCUT2D eigenvalue weighted by molar-refractivity contribution is 5.77. The molecule has 0 spiro atoms. The van der Waals surface area contributed by atoms with Gasteiger partial charge >= 0.3 is 0 Å². The summed E-state index contributed by atoms with van der Waals surface area (Å²) in [6.45, 7) is 4.67. The lowest BCUT2D eigenvalue weighted by Crippen LogP contribution is -2.30. The molecule has 144 valence electrons. The number of carbonyl (C=O) groups is 1. The lowest BCUT2D eigenvalue weighted by molar-refractivity contribution is -0.123. The Morgan fingerprint density at radius 2 is 1.50 bits per heavy atom. The fourth-order valence-electron chi connectivity index (χ4n) is 3.41. The second-order valence-corrected chi connectivity index (χ2v) is 7.07. The highest BCUT2D eigenvalue weighted by atomic mass is 16.5. The smallest absolute Gasteiger partial charge is 0.257 e. The SMILES string of the molecule is Cc1ccc(OCC(=O)NCCC(c2ccccc2)c2ccccc2)c(C)c1. The number of amides is 1. The molecule has 0 heterocycles. The summed E-state index contributed by atoms with van der Waals surface area (Å²) in [5.41, 5.74) is 4.74. The summed E-state index contributed by atoms with van der Waals surface area (Å²) in [5, 5.41) is 2.99. The molecule has 0 saturated carbocycles. The van der Waals surface area contributed by atoms with E-state index in [-0.39, 0.29) is 18.4 Å². The second kappa shape index (κ2) is 9.75. The van der Waals surface area contributed by atoms with Crippen molar-refractivity contribution in [1.29, 1.82) is 0 Å². The highest BCUT2D eigenvalue weighted by Gasteiger charge is 2.14. The predicted octanol–water partition coefficient (Wildman–Crippen LogP) is 5.02. The number of hydrogen-bond acceptors (Lipinski definition) is 2. The van der Waals surface area contributed by atoms with Gasteiger partial charge in [-0.3, -0.25) is 4.79 Å². The molecule has 0 aliphatic heterocycles. The van der Waals surface area contributed by atoms with Crippen molar-refractivity contribution >= 4 is 5.91 Å². The second-order valence-electron chi connectivity index (χ2n) is 7.07. The fraction of sp³-hybridized carbons (Fsp3) is 0.240. The summed E-state index contributed by atoms with van der Waals surface area (Å²) < 4.78 is 5.67. The molecule has 3 nitrogen and oxygen atoms in total. The van der Waals surface area contributed by atoms with Gasteiger partial charge in [-0.15, -0.1) is 0 Å². The van der Waals surface area contributed by atoms with E-state index in [0.717, 1.165) is 17.7 Å². The summed E-state index contributed by atoms with van der Waals surface area (Å²) in [7, 11) is 0. The summed E-state index contributed by atoms with van der Waals surface area (Å²) in [4.78, 5) is 12.2. The van der Waals surface area contributed by atoms with Crippen molar-refractivity contribution in [3.63, 3.8) is 0 Å². The minimum absolute atomic E-state index is 0.0330. The molecule has 3 aromatic rings. The van der Waals surface area contributed by atoms with Crippen LogP contribution in [0.4, 0.5) is 0 Å². The van der Waals surface area contributed by atoms with E-state index >= 15 is 0 Å². The number of nitrogens with one attached hydrogen (secondary N) is 1. The van der Waals surface area contributed by atoms with Gasteiger partial charge in [0.25, 0.3) is 5.91 Å². The van der Waals surface area contributed by atoms with Crippen LogP contribution in [0.3, 0.4) is 0 Å². The molecule has 1 amide bonds. The zero-order chi connectivity index (χ0) is 19.8. The minimum atomic E-state index is -0.0974. The number of carbonyl (C=O) groups excluding carboxylic acids is 1. The lowest BCUT2D eigenvalue weighted by atomic mass is 9.88. The Balaban J connectivity index is 1.54. The van der Waals surface area contributed by atoms with E-state index in [9.17, 15) is 4.79 Å². The van der Waals surface area contributed by atoms with Gasteiger partial charge in [0.05, 0.1) is 0 Å². The van der Waals surface area contributed by atoms with Crippen LogP contribution in [0.2, 0.25) is 0 Å². The van der Waals surface area contributed by atoms with Gasteiger partial charge in [0, 0.05) is 12.5 Å². The van der Waals surface area contributed by atoms with Gasteiger partial charge < -0.3 is 10.1 Å². The van der Waals surface area contributed by atoms with Crippen LogP contribution >= 0.6 is 0 Å². The Labute approximate surface area is 167 Å². The van der Waals surface area contributed by atoms with Gasteiger partial charge in [-0.2, -0.15) is 0 Å². The monoisotopic (exact) mass is 373 g/mol. The summed E-state index contributed by atoms with van der Waals surface area (Å²) in [5.74, 6) is 0.912. The maximum Gasteiger partial charge on any atom is 0.257 e. The van der Waals surface area contributed by atoms with Crippen LogP contribution in [0.25, 0.3) is 0 Å². The van der Waals surface area contributed by atoms with Gasteiger partial charge in [0.2, 0.25) is 0 Å². The summed E-state index contributed by atoms with van der Waals surface area (Å²) in [6.07, 6.45) is 0.837. The van der Waals surface area contributed by atoms with Gasteiger partial charge in [-0.05, 0) is 43.0 Å². The number of aryl methyl sites for hydroxylation is 2. The van der Waals surface area contributed by atoms with Crippen LogP contribution in [0.1, 0.15) is 34.6 Å². The van der Waals surface area contributed by atoms with Crippen LogP contribution in [-0.2, 0) is 4.79 Å². The third-order valence-corrected chi connectivity index (χ3v) is 4.85. The third-order valence-electron chi connectivity index (χ3n) is 4.85. The van der Waals surface area contributed by atoms with Crippen LogP contribution in [-0.4, -0.2) is 19.1 Å². The molecule has 0 aliphatic carbocycles. The Kier molecular flexibility index (Phi) is 6.85. The number of benzene rings is 3. The highest BCUT2D eigenvalue weighted by Crippen LogP contribution is 2.27. The third kappa shape index (κ3) is 5.46. The fourth-order valence-corrected chi connectivity index (χ4v) is 3.41. The van der Waals surface area contributed by atoms with E-state index < -0.39 is 0 Å². The normalized spacial score (nSPS) is 10.7. The van der Waals surface area contributed by atoms with Crippen LogP contribution < -0.4 is 10.1 Å². The Bertz CT molecular complexity index is 851. The Morgan fingerprint density at radius 1 is 0.893 bits per heavy atom. The van der Waals surface area contributed by atoms with E-state index in [1.807, 2.05) is 38.1 Å². The predicted molar refractivity (Wildman–Crippen MR) is 114 cm³/mol. The van der Waals surface area contributed by atoms with Crippen LogP contribution in [0, 0.1) is 13.8 Å². The lowest BCUT2D eigenvalue weighted by Gasteiger charge is -2.18. The maximum atomic E-state index is 12.2. The van der Waals surface area contributed by atoms with Crippen LogP contribution in [0.15, 0.2) is 78.9 Å². The van der Waals surface area contributed by atoms with Crippen molar-refractivity contribution in [2.75, 3.05) is 13.2 Å². The first-order valence-electron chi connectivity index (χ1n) is 9.70. The first-order valence-corrected chi connectivity index (χ1v) is 9.70. The first kappa shape index (κ1) is 19.7. The maximum absolute atomic E-state index is 12.2. The van der Waals surface area contributed by atoms with Crippen molar-refractivity contribution in [1.82, 2.24) is 5.32 Å². The molecule has 3 rings (SSSR count). The van der Waals surface area contributed by atoms with Crippen molar-refractivity contribution < 1.29 is 9.53 Å². The zero-order valence-electron chi connectivity index (χ0n) is 16.5. The topological polar surface area (TPSA) is 38.3 Å². The first-order chi connectivity index (χ1) is 13.6. The molecule has 0 unspecified atom stereocenters. The molecule has 0 fully saturated rings. The molecule has 0 aromatic heterocycles. The Morgan fingerprint density at radius 3 is 2.07 bits per heavy atom. The van der Waals surface area contributed by atoms with Crippen molar-refractivity contribution in [3.8, 4) is 5.75 Å². The standard InChI is InChI=1S/C25H27NO2/c1-19-13-14-24(20(2)17-19)28-18-25(27)26-16-15-23(21-9-5-3-6-10-21)22-11-7-4-8-12-22/h3-14,17,23H,15-16,18H2,1-2H3,(H,26,27). The molecule has 0 aliphatic rings. The van der Waals surface area contributed by atoms with Crippen LogP contribution in [0.5, 0.6) is 5.75 Å². The van der Waals surface area contributed by atoms with E-state index in [0.29, 0.717) is 6.54 Å². The molecule has 0 saturated heterocycles. The zero-order valence-corrected chi connectivity index (χ0v) is 16.5. The molecule has 0 atom stereocenters. The van der Waals surface area contributed by atoms with Crippen molar-refractivity contribution in [3.05, 3.63) is 101 Å². The average molecular weight is 373 g/mol. The van der Waals surface area contributed by atoms with E-state index in [1.165, 1.54) is 16.7 Å². The number of hydrogen-bond donors (Lipinski definition) is 1. The largest absolute Gasteiger partial charge is 0.484 e. The van der Waals surface area contributed by atoms with E-state index in [4.69, 9.17) is 4.74 Å². The number of rotatable bonds is 8. The molecule has 3 aromatic carbocycles. The molecular weight excluding hydrogens is 346 g/mol. The van der Waals surface area contributed by atoms with Gasteiger partial charge in [0.1, 0.15) is 5.75 Å². The summed E-state index contributed by atoms with van der Waals surface area (Å²) >= 11 is 0. The van der Waals surface area contributed by atoms with E-state index in [2.05, 4.69) is 59.9 Å². The minimum Gasteiger partial charge on any atom is -0.484 e. The average Bonchev–Trinajstić information content (AvgIpc) is 2.72. The van der Waals surface area contributed by atoms with Crippen molar-refractivity contribution in [2.24, 2.45) is 0 Å². The summed E-state index contributed by atoms with van der Waals surface area (Å²) in [6, 6.07) is 26.8. The number of ether oxygens (including phenoxy) is 1. The van der Waals surface area contributed by atoms with Gasteiger partial charge in [-0.1, -0.05) is 78.4 Å².